The van der Waals surface area contributed by atoms with Crippen LogP contribution in [0.1, 0.15) is 11.1 Å². The van der Waals surface area contributed by atoms with Crippen LogP contribution in [0, 0.1) is 13.8 Å². The van der Waals surface area contributed by atoms with Crippen LogP contribution in [-0.2, 0) is 0 Å². The Labute approximate surface area is 95.1 Å². The lowest BCUT2D eigenvalue weighted by Gasteiger charge is -2.06. The first-order valence-corrected chi connectivity index (χ1v) is 5.16. The van der Waals surface area contributed by atoms with Crippen molar-refractivity contribution in [1.82, 2.24) is 10.2 Å². The summed E-state index contributed by atoms with van der Waals surface area (Å²) >= 11 is 0. The third-order valence-corrected chi connectivity index (χ3v) is 2.51. The lowest BCUT2D eigenvalue weighted by atomic mass is 10.0. The molecule has 0 amide bonds. The van der Waals surface area contributed by atoms with Gasteiger partial charge in [-0.25, -0.2) is 0 Å². The minimum absolute atomic E-state index is 0.536. The van der Waals surface area contributed by atoms with Gasteiger partial charge in [0, 0.05) is 11.6 Å². The molecule has 0 saturated carbocycles. The molecule has 2 rings (SSSR count). The zero-order chi connectivity index (χ0) is 11.5. The topological polar surface area (TPSA) is 35.0 Å². The second-order valence-corrected chi connectivity index (χ2v) is 3.78. The fraction of sp³-hybridized carbons (Fsp3) is 0.231. The molecular formula is C13H14N2O. The molecule has 82 valence electrons. The monoisotopic (exact) mass is 214 g/mol. The molecule has 0 atom stereocenters. The van der Waals surface area contributed by atoms with E-state index in [4.69, 9.17) is 4.74 Å². The molecule has 0 N–H and O–H groups in total. The van der Waals surface area contributed by atoms with Gasteiger partial charge in [0.25, 0.3) is 0 Å². The Morgan fingerprint density at radius 3 is 2.38 bits per heavy atom. The highest BCUT2D eigenvalue weighted by molar-refractivity contribution is 5.63. The van der Waals surface area contributed by atoms with Gasteiger partial charge in [-0.05, 0) is 25.5 Å². The number of benzene rings is 1. The van der Waals surface area contributed by atoms with Crippen LogP contribution in [0.4, 0.5) is 0 Å². The van der Waals surface area contributed by atoms with Gasteiger partial charge < -0.3 is 4.74 Å². The largest absolute Gasteiger partial charge is 0.480 e. The standard InChI is InChI=1S/C13H14N2O/c1-9-4-5-11(10(2)8-9)12-6-7-13(16-3)15-14-12/h4-8H,1-3H3. The molecule has 0 aliphatic carbocycles. The lowest BCUT2D eigenvalue weighted by molar-refractivity contribution is 0.392. The van der Waals surface area contributed by atoms with Gasteiger partial charge in [0.2, 0.25) is 5.88 Å². The smallest absolute Gasteiger partial charge is 0.233 e. The summed E-state index contributed by atoms with van der Waals surface area (Å²) in [5, 5.41) is 8.10. The van der Waals surface area contributed by atoms with Crippen molar-refractivity contribution in [3.63, 3.8) is 0 Å². The van der Waals surface area contributed by atoms with Crippen molar-refractivity contribution in [1.29, 1.82) is 0 Å². The second-order valence-electron chi connectivity index (χ2n) is 3.78. The molecular weight excluding hydrogens is 200 g/mol. The lowest BCUT2D eigenvalue weighted by Crippen LogP contribution is -1.93. The van der Waals surface area contributed by atoms with E-state index in [1.807, 2.05) is 12.1 Å². The summed E-state index contributed by atoms with van der Waals surface area (Å²) in [6.07, 6.45) is 0. The van der Waals surface area contributed by atoms with E-state index < -0.39 is 0 Å². The zero-order valence-corrected chi connectivity index (χ0v) is 9.69. The summed E-state index contributed by atoms with van der Waals surface area (Å²) in [6, 6.07) is 10.0. The molecule has 1 heterocycles. The summed E-state index contributed by atoms with van der Waals surface area (Å²) in [4.78, 5) is 0. The van der Waals surface area contributed by atoms with Crippen LogP contribution in [0.5, 0.6) is 5.88 Å². The highest BCUT2D eigenvalue weighted by atomic mass is 16.5. The van der Waals surface area contributed by atoms with E-state index >= 15 is 0 Å². The fourth-order valence-corrected chi connectivity index (χ4v) is 1.67. The molecule has 1 aromatic carbocycles. The SMILES string of the molecule is COc1ccc(-c2ccc(C)cc2C)nn1. The normalized spacial score (nSPS) is 10.2. The van der Waals surface area contributed by atoms with Crippen molar-refractivity contribution < 1.29 is 4.74 Å². The molecule has 1 aromatic heterocycles. The average molecular weight is 214 g/mol. The average Bonchev–Trinajstić information content (AvgIpc) is 2.29. The molecule has 3 nitrogen and oxygen atoms in total. The van der Waals surface area contributed by atoms with Crippen LogP contribution in [0.25, 0.3) is 11.3 Å². The molecule has 0 aliphatic rings. The first kappa shape index (κ1) is 10.6. The highest BCUT2D eigenvalue weighted by Gasteiger charge is 2.04. The number of aryl methyl sites for hydroxylation is 2. The summed E-state index contributed by atoms with van der Waals surface area (Å²) in [7, 11) is 1.58. The van der Waals surface area contributed by atoms with Crippen molar-refractivity contribution >= 4 is 0 Å². The molecule has 0 aliphatic heterocycles. The van der Waals surface area contributed by atoms with Crippen LogP contribution >= 0.6 is 0 Å². The number of aromatic nitrogens is 2. The van der Waals surface area contributed by atoms with E-state index in [1.54, 1.807) is 7.11 Å². The zero-order valence-electron chi connectivity index (χ0n) is 9.69. The van der Waals surface area contributed by atoms with Gasteiger partial charge >= 0.3 is 0 Å². The Morgan fingerprint density at radius 2 is 1.81 bits per heavy atom. The van der Waals surface area contributed by atoms with Gasteiger partial charge in [0.15, 0.2) is 0 Å². The van der Waals surface area contributed by atoms with Gasteiger partial charge in [-0.1, -0.05) is 23.8 Å². The van der Waals surface area contributed by atoms with Crippen molar-refractivity contribution in [2.45, 2.75) is 13.8 Å². The van der Waals surface area contributed by atoms with Crippen LogP contribution in [-0.4, -0.2) is 17.3 Å². The molecule has 0 bridgehead atoms. The van der Waals surface area contributed by atoms with Crippen molar-refractivity contribution in [3.05, 3.63) is 41.5 Å². The van der Waals surface area contributed by atoms with E-state index in [1.165, 1.54) is 11.1 Å². The van der Waals surface area contributed by atoms with Crippen LogP contribution < -0.4 is 4.74 Å². The van der Waals surface area contributed by atoms with E-state index in [-0.39, 0.29) is 0 Å². The number of nitrogens with zero attached hydrogens (tertiary/aromatic N) is 2. The molecule has 16 heavy (non-hydrogen) atoms. The van der Waals surface area contributed by atoms with Gasteiger partial charge in [-0.3, -0.25) is 0 Å². The Kier molecular flexibility index (Phi) is 2.86. The van der Waals surface area contributed by atoms with Crippen molar-refractivity contribution in [2.24, 2.45) is 0 Å². The summed E-state index contributed by atoms with van der Waals surface area (Å²) in [5.41, 5.74) is 4.45. The van der Waals surface area contributed by atoms with E-state index in [0.717, 1.165) is 11.3 Å². The molecule has 0 unspecified atom stereocenters. The molecule has 0 fully saturated rings. The number of hydrogen-bond acceptors (Lipinski definition) is 3. The Bertz CT molecular complexity index is 492. The van der Waals surface area contributed by atoms with Crippen LogP contribution in [0.15, 0.2) is 30.3 Å². The number of ether oxygens (including phenoxy) is 1. The first-order chi connectivity index (χ1) is 7.70. The Hall–Kier alpha value is -1.90. The molecule has 0 spiro atoms. The maximum Gasteiger partial charge on any atom is 0.233 e. The van der Waals surface area contributed by atoms with Gasteiger partial charge in [0.05, 0.1) is 12.8 Å². The van der Waals surface area contributed by atoms with Crippen LogP contribution in [0.3, 0.4) is 0 Å². The van der Waals surface area contributed by atoms with Gasteiger partial charge in [0.1, 0.15) is 0 Å². The van der Waals surface area contributed by atoms with Gasteiger partial charge in [-0.2, -0.15) is 0 Å². The van der Waals surface area contributed by atoms with E-state index in [2.05, 4.69) is 42.2 Å². The number of rotatable bonds is 2. The second kappa shape index (κ2) is 4.31. The number of hydrogen-bond donors (Lipinski definition) is 0. The molecule has 0 radical (unpaired) electrons. The highest BCUT2D eigenvalue weighted by Crippen LogP contribution is 2.22. The fourth-order valence-electron chi connectivity index (χ4n) is 1.67. The van der Waals surface area contributed by atoms with Crippen LogP contribution in [0.2, 0.25) is 0 Å². The first-order valence-electron chi connectivity index (χ1n) is 5.16. The molecule has 0 saturated heterocycles. The molecule has 3 heteroatoms. The Morgan fingerprint density at radius 1 is 1.00 bits per heavy atom. The third kappa shape index (κ3) is 2.03. The van der Waals surface area contributed by atoms with E-state index in [0.29, 0.717) is 5.88 Å². The predicted molar refractivity (Wildman–Crippen MR) is 63.5 cm³/mol. The van der Waals surface area contributed by atoms with Crippen molar-refractivity contribution in [2.75, 3.05) is 7.11 Å². The third-order valence-electron chi connectivity index (χ3n) is 2.51. The number of methoxy groups -OCH3 is 1. The minimum atomic E-state index is 0.536. The summed E-state index contributed by atoms with van der Waals surface area (Å²) < 4.78 is 4.98. The van der Waals surface area contributed by atoms with Gasteiger partial charge in [-0.15, -0.1) is 10.2 Å². The minimum Gasteiger partial charge on any atom is -0.480 e. The summed E-state index contributed by atoms with van der Waals surface area (Å²) in [6.45, 7) is 4.16. The quantitative estimate of drug-likeness (QED) is 0.771. The van der Waals surface area contributed by atoms with E-state index in [9.17, 15) is 0 Å². The molecule has 2 aromatic rings. The maximum atomic E-state index is 4.98. The maximum absolute atomic E-state index is 4.98. The summed E-state index contributed by atoms with van der Waals surface area (Å²) in [5.74, 6) is 0.536. The predicted octanol–water partition coefficient (Wildman–Crippen LogP) is 2.77. The van der Waals surface area contributed by atoms with Crippen molar-refractivity contribution in [3.8, 4) is 17.1 Å². The Balaban J connectivity index is 2.42.